The summed E-state index contributed by atoms with van der Waals surface area (Å²) >= 11 is 6.45. The second kappa shape index (κ2) is 10.9. The molecule has 2 atom stereocenters. The first kappa shape index (κ1) is 27.6. The number of hydrogen-bond donors (Lipinski definition) is 1. The molecule has 1 aliphatic heterocycles. The number of alkyl halides is 2. The number of rotatable bonds is 7. The van der Waals surface area contributed by atoms with E-state index in [0.29, 0.717) is 0 Å². The van der Waals surface area contributed by atoms with Crippen LogP contribution in [0, 0.1) is 11.6 Å². The number of amides is 3. The molecule has 1 saturated carbocycles. The van der Waals surface area contributed by atoms with Crippen LogP contribution in [0.2, 0.25) is 5.02 Å². The van der Waals surface area contributed by atoms with Crippen molar-refractivity contribution in [1.29, 1.82) is 0 Å². The summed E-state index contributed by atoms with van der Waals surface area (Å²) in [5, 5.41) is 2.64. The quantitative estimate of drug-likeness (QED) is 0.394. The lowest BCUT2D eigenvalue weighted by atomic mass is 9.87. The number of nitrogens with zero attached hydrogens (tertiary/aromatic N) is 3. The van der Waals surface area contributed by atoms with Gasteiger partial charge < -0.3 is 5.32 Å². The molecule has 2 heterocycles. The molecule has 3 amide bonds. The molecule has 5 rings (SSSR count). The molecule has 1 saturated heterocycles. The molecule has 2 aliphatic rings. The second-order valence-corrected chi connectivity index (χ2v) is 10.1. The number of anilines is 2. The number of carbonyl (C=O) groups is 3. The highest BCUT2D eigenvalue weighted by Crippen LogP contribution is 2.40. The summed E-state index contributed by atoms with van der Waals surface area (Å²) in [6.45, 7) is 0. The number of pyridine rings is 1. The minimum atomic E-state index is -2.92. The Kier molecular flexibility index (Phi) is 7.50. The first-order valence-electron chi connectivity index (χ1n) is 12.5. The minimum Gasteiger partial charge on any atom is -0.351 e. The molecule has 208 valence electrons. The van der Waals surface area contributed by atoms with Crippen LogP contribution in [-0.2, 0) is 14.4 Å². The first-order chi connectivity index (χ1) is 19.1. The molecule has 7 nitrogen and oxygen atoms in total. The molecule has 2 unspecified atom stereocenters. The molecule has 2 fully saturated rings. The maximum absolute atomic E-state index is 14.7. The Morgan fingerprint density at radius 2 is 1.82 bits per heavy atom. The van der Waals surface area contributed by atoms with Gasteiger partial charge in [-0.1, -0.05) is 35.9 Å². The van der Waals surface area contributed by atoms with Crippen molar-refractivity contribution in [1.82, 2.24) is 10.3 Å². The van der Waals surface area contributed by atoms with E-state index in [1.807, 2.05) is 0 Å². The van der Waals surface area contributed by atoms with Gasteiger partial charge >= 0.3 is 0 Å². The van der Waals surface area contributed by atoms with Crippen molar-refractivity contribution in [2.75, 3.05) is 9.80 Å². The van der Waals surface area contributed by atoms with Crippen LogP contribution >= 0.6 is 11.6 Å². The van der Waals surface area contributed by atoms with Crippen LogP contribution in [0.25, 0.3) is 0 Å². The summed E-state index contributed by atoms with van der Waals surface area (Å²) in [7, 11) is 0. The van der Waals surface area contributed by atoms with Gasteiger partial charge in [-0.25, -0.2) is 22.5 Å². The molecule has 3 aromatic rings. The Morgan fingerprint density at radius 3 is 2.50 bits per heavy atom. The van der Waals surface area contributed by atoms with Gasteiger partial charge in [-0.05, 0) is 42.8 Å². The Balaban J connectivity index is 1.61. The van der Waals surface area contributed by atoms with Gasteiger partial charge in [-0.3, -0.25) is 24.2 Å². The van der Waals surface area contributed by atoms with Crippen LogP contribution in [0.1, 0.15) is 37.3 Å². The van der Waals surface area contributed by atoms with Crippen molar-refractivity contribution in [2.45, 2.75) is 49.7 Å². The third kappa shape index (κ3) is 5.38. The maximum atomic E-state index is 14.7. The first-order valence-corrected chi connectivity index (χ1v) is 12.9. The average Bonchev–Trinajstić information content (AvgIpc) is 3.27. The number of hydrogen-bond acceptors (Lipinski definition) is 4. The van der Waals surface area contributed by atoms with Crippen molar-refractivity contribution in [2.24, 2.45) is 0 Å². The highest BCUT2D eigenvalue weighted by atomic mass is 35.5. The van der Waals surface area contributed by atoms with E-state index in [0.717, 1.165) is 28.0 Å². The SMILES string of the molecule is O=C(NC1CC(F)(F)C1)C(c1ccccc1Cl)N(C(=O)C1CCC(=O)N1c1ncccc1F)c1cccc(F)c1. The van der Waals surface area contributed by atoms with Crippen molar-refractivity contribution in [3.8, 4) is 0 Å². The predicted octanol–water partition coefficient (Wildman–Crippen LogP) is 5.20. The van der Waals surface area contributed by atoms with Crippen LogP contribution in [0.5, 0.6) is 0 Å². The molecule has 0 spiro atoms. The van der Waals surface area contributed by atoms with E-state index >= 15 is 0 Å². The summed E-state index contributed by atoms with van der Waals surface area (Å²) in [5.74, 6) is -7.07. The van der Waals surface area contributed by atoms with E-state index in [9.17, 15) is 31.9 Å². The Labute approximate surface area is 231 Å². The van der Waals surface area contributed by atoms with Crippen LogP contribution in [0.3, 0.4) is 0 Å². The highest BCUT2D eigenvalue weighted by Gasteiger charge is 2.48. The van der Waals surface area contributed by atoms with Gasteiger partial charge in [0.15, 0.2) is 11.6 Å². The molecule has 1 aromatic heterocycles. The lowest BCUT2D eigenvalue weighted by Crippen LogP contribution is -2.56. The molecular formula is C28H23ClF4N4O3. The third-order valence-electron chi connectivity index (χ3n) is 6.93. The van der Waals surface area contributed by atoms with Gasteiger partial charge in [0.25, 0.3) is 11.8 Å². The van der Waals surface area contributed by atoms with Gasteiger partial charge in [-0.15, -0.1) is 0 Å². The summed E-state index contributed by atoms with van der Waals surface area (Å²) in [4.78, 5) is 46.8. The van der Waals surface area contributed by atoms with Crippen LogP contribution < -0.4 is 15.1 Å². The van der Waals surface area contributed by atoms with E-state index in [1.54, 1.807) is 12.1 Å². The molecule has 1 aliphatic carbocycles. The summed E-state index contributed by atoms with van der Waals surface area (Å²) in [5.41, 5.74) is 0.0926. The number of halogens is 5. The fourth-order valence-corrected chi connectivity index (χ4v) is 5.30. The molecule has 12 heteroatoms. The molecule has 2 aromatic carbocycles. The van der Waals surface area contributed by atoms with Crippen molar-refractivity contribution >= 4 is 40.8 Å². The molecule has 0 bridgehead atoms. The Morgan fingerprint density at radius 1 is 1.07 bits per heavy atom. The average molecular weight is 575 g/mol. The molecule has 0 radical (unpaired) electrons. The van der Waals surface area contributed by atoms with Crippen LogP contribution in [-0.4, -0.2) is 40.7 Å². The maximum Gasteiger partial charge on any atom is 0.252 e. The zero-order chi connectivity index (χ0) is 28.6. The van der Waals surface area contributed by atoms with Gasteiger partial charge in [0.2, 0.25) is 11.8 Å². The summed E-state index contributed by atoms with van der Waals surface area (Å²) in [6, 6.07) is 9.74. The second-order valence-electron chi connectivity index (χ2n) is 9.71. The zero-order valence-electron chi connectivity index (χ0n) is 20.9. The van der Waals surface area contributed by atoms with Crippen LogP contribution in [0.15, 0.2) is 66.9 Å². The largest absolute Gasteiger partial charge is 0.351 e. The van der Waals surface area contributed by atoms with E-state index in [2.05, 4.69) is 10.3 Å². The summed E-state index contributed by atoms with van der Waals surface area (Å²) < 4.78 is 56.3. The van der Waals surface area contributed by atoms with Crippen molar-refractivity contribution < 1.29 is 31.9 Å². The third-order valence-corrected chi connectivity index (χ3v) is 7.28. The number of benzene rings is 2. The summed E-state index contributed by atoms with van der Waals surface area (Å²) in [6.07, 6.45) is -0.0312. The molecule has 40 heavy (non-hydrogen) atoms. The predicted molar refractivity (Wildman–Crippen MR) is 139 cm³/mol. The number of carbonyl (C=O) groups excluding carboxylic acids is 3. The monoisotopic (exact) mass is 574 g/mol. The lowest BCUT2D eigenvalue weighted by Gasteiger charge is -2.39. The number of aromatic nitrogens is 1. The highest BCUT2D eigenvalue weighted by molar-refractivity contribution is 6.31. The van der Waals surface area contributed by atoms with E-state index < -0.39 is 66.2 Å². The van der Waals surface area contributed by atoms with Gasteiger partial charge in [0.05, 0.1) is 0 Å². The Bertz CT molecular complexity index is 1460. The normalized spacial score (nSPS) is 19.2. The van der Waals surface area contributed by atoms with E-state index in [-0.39, 0.29) is 34.9 Å². The fraction of sp³-hybridized carbons (Fsp3) is 0.286. The van der Waals surface area contributed by atoms with Gasteiger partial charge in [0.1, 0.15) is 17.9 Å². The molecule has 1 N–H and O–H groups in total. The smallest absolute Gasteiger partial charge is 0.252 e. The topological polar surface area (TPSA) is 82.6 Å². The van der Waals surface area contributed by atoms with Gasteiger partial charge in [0, 0.05) is 47.8 Å². The van der Waals surface area contributed by atoms with E-state index in [1.165, 1.54) is 36.5 Å². The van der Waals surface area contributed by atoms with Crippen molar-refractivity contribution in [3.05, 3.63) is 89.1 Å². The fourth-order valence-electron chi connectivity index (χ4n) is 5.07. The Hall–Kier alpha value is -3.99. The van der Waals surface area contributed by atoms with E-state index in [4.69, 9.17) is 11.6 Å². The number of nitrogens with one attached hydrogen (secondary N) is 1. The lowest BCUT2D eigenvalue weighted by molar-refractivity contribution is -0.133. The van der Waals surface area contributed by atoms with Gasteiger partial charge in [-0.2, -0.15) is 0 Å². The zero-order valence-corrected chi connectivity index (χ0v) is 21.6. The van der Waals surface area contributed by atoms with Crippen molar-refractivity contribution in [3.63, 3.8) is 0 Å². The molecular weight excluding hydrogens is 552 g/mol. The van der Waals surface area contributed by atoms with Crippen LogP contribution in [0.4, 0.5) is 29.1 Å². The standard InChI is InChI=1S/C28H23ClF4N4O3/c29-20-8-2-1-7-19(20)24(26(39)35-17-14-28(32,33)15-17)36(18-6-3-5-16(30)13-18)27(40)22-10-11-23(38)37(22)25-21(31)9-4-12-34-25/h1-9,12-13,17,22,24H,10-11,14-15H2,(H,35,39). The minimum absolute atomic E-state index is 0.0365.